The molecule has 1 atom stereocenters. The molecule has 1 aliphatic rings. The average molecular weight is 358 g/mol. The van der Waals surface area contributed by atoms with Crippen molar-refractivity contribution in [3.05, 3.63) is 46.6 Å². The summed E-state index contributed by atoms with van der Waals surface area (Å²) in [5.74, 6) is 0.0738. The highest BCUT2D eigenvalue weighted by molar-refractivity contribution is 5.92. The van der Waals surface area contributed by atoms with Gasteiger partial charge in [0.2, 0.25) is 5.88 Å². The standard InChI is InChI=1S/C19H22N2O5/c1-5-24-15-9-12(7-8-14(15)23-4)17-13(10-20)18(21)26-11(3)16(17)19(22)25-6-2/h7-9,17H,5-6,21H2,1-4H3/t17-/m0/s1. The van der Waals surface area contributed by atoms with Crippen molar-refractivity contribution >= 4 is 5.97 Å². The predicted octanol–water partition coefficient (Wildman–Crippen LogP) is 2.74. The second-order valence-corrected chi connectivity index (χ2v) is 5.46. The van der Waals surface area contributed by atoms with Crippen molar-refractivity contribution in [3.8, 4) is 17.6 Å². The van der Waals surface area contributed by atoms with Crippen LogP contribution in [-0.4, -0.2) is 26.3 Å². The van der Waals surface area contributed by atoms with Crippen molar-refractivity contribution in [2.45, 2.75) is 26.7 Å². The number of hydrogen-bond donors (Lipinski definition) is 1. The lowest BCUT2D eigenvalue weighted by atomic mass is 9.83. The fraction of sp³-hybridized carbons (Fsp3) is 0.368. The van der Waals surface area contributed by atoms with E-state index in [2.05, 4.69) is 0 Å². The summed E-state index contributed by atoms with van der Waals surface area (Å²) in [6, 6.07) is 7.26. The number of rotatable bonds is 6. The van der Waals surface area contributed by atoms with Crippen LogP contribution in [0.2, 0.25) is 0 Å². The van der Waals surface area contributed by atoms with Crippen LogP contribution in [0.4, 0.5) is 0 Å². The Bertz CT molecular complexity index is 805. The first-order valence-corrected chi connectivity index (χ1v) is 8.24. The number of methoxy groups -OCH3 is 1. The van der Waals surface area contributed by atoms with Crippen LogP contribution in [0.25, 0.3) is 0 Å². The van der Waals surface area contributed by atoms with Gasteiger partial charge in [0.25, 0.3) is 0 Å². The van der Waals surface area contributed by atoms with E-state index in [-0.39, 0.29) is 23.6 Å². The number of hydrogen-bond acceptors (Lipinski definition) is 7. The van der Waals surface area contributed by atoms with Crippen LogP contribution in [0, 0.1) is 11.3 Å². The minimum absolute atomic E-state index is 0.0307. The molecular formula is C19H22N2O5. The summed E-state index contributed by atoms with van der Waals surface area (Å²) in [5, 5.41) is 9.58. The minimum Gasteiger partial charge on any atom is -0.493 e. The van der Waals surface area contributed by atoms with Crippen LogP contribution < -0.4 is 15.2 Å². The number of carbonyl (C=O) groups is 1. The van der Waals surface area contributed by atoms with Crippen LogP contribution in [-0.2, 0) is 14.3 Å². The molecule has 138 valence electrons. The summed E-state index contributed by atoms with van der Waals surface area (Å²) in [6.45, 7) is 5.83. The van der Waals surface area contributed by atoms with Gasteiger partial charge in [-0.2, -0.15) is 5.26 Å². The molecule has 7 heteroatoms. The SMILES string of the molecule is CCOC(=O)C1=C(C)OC(N)=C(C#N)[C@@H]1c1ccc(OC)c(OCC)c1. The van der Waals surface area contributed by atoms with Gasteiger partial charge in [0.1, 0.15) is 17.4 Å². The number of esters is 1. The van der Waals surface area contributed by atoms with Gasteiger partial charge in [0.05, 0.1) is 31.8 Å². The molecule has 1 aliphatic heterocycles. The molecule has 7 nitrogen and oxygen atoms in total. The van der Waals surface area contributed by atoms with Crippen molar-refractivity contribution in [2.75, 3.05) is 20.3 Å². The maximum absolute atomic E-state index is 12.5. The van der Waals surface area contributed by atoms with E-state index in [0.29, 0.717) is 29.4 Å². The molecule has 0 spiro atoms. The molecule has 0 aliphatic carbocycles. The number of carbonyl (C=O) groups excluding carboxylic acids is 1. The minimum atomic E-state index is -0.710. The van der Waals surface area contributed by atoms with Gasteiger partial charge in [-0.15, -0.1) is 0 Å². The van der Waals surface area contributed by atoms with Crippen LogP contribution >= 0.6 is 0 Å². The number of ether oxygens (including phenoxy) is 4. The van der Waals surface area contributed by atoms with Crippen molar-refractivity contribution in [1.29, 1.82) is 5.26 Å². The molecule has 1 aromatic carbocycles. The largest absolute Gasteiger partial charge is 0.493 e. The van der Waals surface area contributed by atoms with E-state index in [4.69, 9.17) is 24.7 Å². The van der Waals surface area contributed by atoms with E-state index >= 15 is 0 Å². The number of nitrogens with zero attached hydrogens (tertiary/aromatic N) is 1. The Kier molecular flexibility index (Phi) is 6.12. The summed E-state index contributed by atoms with van der Waals surface area (Å²) in [5.41, 5.74) is 6.93. The molecule has 0 saturated heterocycles. The third-order valence-corrected chi connectivity index (χ3v) is 3.92. The van der Waals surface area contributed by atoms with Gasteiger partial charge in [-0.3, -0.25) is 0 Å². The van der Waals surface area contributed by atoms with Crippen LogP contribution in [0.3, 0.4) is 0 Å². The van der Waals surface area contributed by atoms with Gasteiger partial charge < -0.3 is 24.7 Å². The van der Waals surface area contributed by atoms with E-state index in [1.807, 2.05) is 13.0 Å². The molecule has 0 radical (unpaired) electrons. The monoisotopic (exact) mass is 358 g/mol. The summed E-state index contributed by atoms with van der Waals surface area (Å²) in [6.07, 6.45) is 0. The molecule has 0 aromatic heterocycles. The van der Waals surface area contributed by atoms with Gasteiger partial charge in [0.15, 0.2) is 11.5 Å². The number of nitrogens with two attached hydrogens (primary N) is 1. The zero-order valence-corrected chi connectivity index (χ0v) is 15.3. The fourth-order valence-electron chi connectivity index (χ4n) is 2.83. The Morgan fingerprint density at radius 1 is 1.31 bits per heavy atom. The molecule has 2 rings (SSSR count). The lowest BCUT2D eigenvalue weighted by Gasteiger charge is -2.27. The molecule has 0 bridgehead atoms. The first-order chi connectivity index (χ1) is 12.5. The van der Waals surface area contributed by atoms with E-state index < -0.39 is 11.9 Å². The van der Waals surface area contributed by atoms with E-state index in [0.717, 1.165) is 0 Å². The van der Waals surface area contributed by atoms with Gasteiger partial charge in [-0.1, -0.05) is 6.07 Å². The zero-order valence-electron chi connectivity index (χ0n) is 15.3. The van der Waals surface area contributed by atoms with E-state index in [9.17, 15) is 10.1 Å². The first-order valence-electron chi connectivity index (χ1n) is 8.24. The molecule has 0 saturated carbocycles. The summed E-state index contributed by atoms with van der Waals surface area (Å²) < 4.78 is 21.5. The Balaban J connectivity index is 2.63. The quantitative estimate of drug-likeness (QED) is 0.780. The Morgan fingerprint density at radius 2 is 2.04 bits per heavy atom. The third-order valence-electron chi connectivity index (χ3n) is 3.92. The fourth-order valence-corrected chi connectivity index (χ4v) is 2.83. The summed E-state index contributed by atoms with van der Waals surface area (Å²) in [4.78, 5) is 12.5. The van der Waals surface area contributed by atoms with E-state index in [1.54, 1.807) is 39.2 Å². The molecule has 26 heavy (non-hydrogen) atoms. The highest BCUT2D eigenvalue weighted by Crippen LogP contribution is 2.42. The van der Waals surface area contributed by atoms with Crippen molar-refractivity contribution in [2.24, 2.45) is 5.73 Å². The topological polar surface area (TPSA) is 104 Å². The highest BCUT2D eigenvalue weighted by Gasteiger charge is 2.36. The molecule has 0 fully saturated rings. The smallest absolute Gasteiger partial charge is 0.338 e. The summed E-state index contributed by atoms with van der Waals surface area (Å²) in [7, 11) is 1.54. The number of allylic oxidation sites excluding steroid dienone is 2. The molecular weight excluding hydrogens is 336 g/mol. The number of nitriles is 1. The normalized spacial score (nSPS) is 16.7. The maximum atomic E-state index is 12.5. The van der Waals surface area contributed by atoms with Crippen molar-refractivity contribution < 1.29 is 23.7 Å². The van der Waals surface area contributed by atoms with Crippen LogP contribution in [0.5, 0.6) is 11.5 Å². The van der Waals surface area contributed by atoms with Gasteiger partial charge in [-0.05, 0) is 38.5 Å². The second-order valence-electron chi connectivity index (χ2n) is 5.46. The first kappa shape index (κ1) is 19.2. The highest BCUT2D eigenvalue weighted by atomic mass is 16.5. The lowest BCUT2D eigenvalue weighted by molar-refractivity contribution is -0.139. The van der Waals surface area contributed by atoms with E-state index in [1.165, 1.54) is 0 Å². The second kappa shape index (κ2) is 8.30. The average Bonchev–Trinajstić information content (AvgIpc) is 2.61. The van der Waals surface area contributed by atoms with Gasteiger partial charge in [-0.25, -0.2) is 4.79 Å². The van der Waals surface area contributed by atoms with Crippen molar-refractivity contribution in [3.63, 3.8) is 0 Å². The predicted molar refractivity (Wildman–Crippen MR) is 94.1 cm³/mol. The van der Waals surface area contributed by atoms with Gasteiger partial charge in [0, 0.05) is 0 Å². The van der Waals surface area contributed by atoms with Crippen molar-refractivity contribution in [1.82, 2.24) is 0 Å². The lowest BCUT2D eigenvalue weighted by Crippen LogP contribution is -2.25. The Hall–Kier alpha value is -3.14. The molecule has 2 N–H and O–H groups in total. The molecule has 0 amide bonds. The van der Waals surface area contributed by atoms with Gasteiger partial charge >= 0.3 is 5.97 Å². The molecule has 0 unspecified atom stereocenters. The van der Waals surface area contributed by atoms with Crippen LogP contribution in [0.15, 0.2) is 41.0 Å². The van der Waals surface area contributed by atoms with Crippen LogP contribution in [0.1, 0.15) is 32.3 Å². The number of benzene rings is 1. The Labute approximate surface area is 152 Å². The molecule has 1 aromatic rings. The zero-order chi connectivity index (χ0) is 19.3. The summed E-state index contributed by atoms with van der Waals surface area (Å²) >= 11 is 0. The third kappa shape index (κ3) is 3.59. The maximum Gasteiger partial charge on any atom is 0.338 e. The molecule has 1 heterocycles. The Morgan fingerprint density at radius 3 is 2.62 bits per heavy atom.